The quantitative estimate of drug-likeness (QED) is 0.814. The van der Waals surface area contributed by atoms with E-state index in [0.717, 1.165) is 18.4 Å². The number of hydrogen-bond acceptors (Lipinski definition) is 2. The maximum Gasteiger partial charge on any atom is 0.0713 e. The van der Waals surface area contributed by atoms with Crippen LogP contribution in [0.5, 0.6) is 0 Å². The molecule has 2 rings (SSSR count). The fraction of sp³-hybridized carbons (Fsp3) is 0.684. The summed E-state index contributed by atoms with van der Waals surface area (Å²) in [4.78, 5) is 0. The summed E-state index contributed by atoms with van der Waals surface area (Å²) in [7, 11) is 1.74. The summed E-state index contributed by atoms with van der Waals surface area (Å²) in [6.07, 6.45) is 5.51. The third kappa shape index (κ3) is 5.03. The van der Waals surface area contributed by atoms with Crippen molar-refractivity contribution in [1.82, 2.24) is 0 Å². The molecule has 1 saturated carbocycles. The van der Waals surface area contributed by atoms with Crippen LogP contribution in [0.3, 0.4) is 0 Å². The van der Waals surface area contributed by atoms with Crippen molar-refractivity contribution in [3.05, 3.63) is 29.8 Å². The molecule has 1 aliphatic carbocycles. The molecule has 0 radical (unpaired) electrons. The summed E-state index contributed by atoms with van der Waals surface area (Å²) in [6, 6.07) is 8.57. The standard InChI is InChI=1S/C19H31NO/c1-19(2,3)17-10-8-15(9-11-17)13-20-18-7-5-6-16(12-18)14-21-4/h5-7,12,15,17,20H,8-11,13-14H2,1-4H3. The van der Waals surface area contributed by atoms with E-state index in [4.69, 9.17) is 4.74 Å². The highest BCUT2D eigenvalue weighted by molar-refractivity contribution is 5.45. The molecule has 0 bridgehead atoms. The van der Waals surface area contributed by atoms with E-state index in [1.807, 2.05) is 0 Å². The summed E-state index contributed by atoms with van der Waals surface area (Å²) in [5.41, 5.74) is 2.94. The first kappa shape index (κ1) is 16.4. The Bertz CT molecular complexity index is 427. The van der Waals surface area contributed by atoms with Crippen LogP contribution >= 0.6 is 0 Å². The van der Waals surface area contributed by atoms with Gasteiger partial charge in [0.25, 0.3) is 0 Å². The molecule has 0 amide bonds. The van der Waals surface area contributed by atoms with Crippen molar-refractivity contribution in [2.45, 2.75) is 53.1 Å². The molecule has 2 heteroatoms. The minimum atomic E-state index is 0.479. The lowest BCUT2D eigenvalue weighted by molar-refractivity contribution is 0.153. The third-order valence-corrected chi connectivity index (χ3v) is 4.90. The number of hydrogen-bond donors (Lipinski definition) is 1. The largest absolute Gasteiger partial charge is 0.385 e. The van der Waals surface area contributed by atoms with Gasteiger partial charge in [0.15, 0.2) is 0 Å². The molecule has 0 unspecified atom stereocenters. The fourth-order valence-corrected chi connectivity index (χ4v) is 3.43. The van der Waals surface area contributed by atoms with Crippen molar-refractivity contribution < 1.29 is 4.74 Å². The second kappa shape index (κ2) is 7.31. The third-order valence-electron chi connectivity index (χ3n) is 4.90. The number of nitrogens with one attached hydrogen (secondary N) is 1. The van der Waals surface area contributed by atoms with E-state index in [-0.39, 0.29) is 0 Å². The van der Waals surface area contributed by atoms with Gasteiger partial charge in [-0.15, -0.1) is 0 Å². The summed E-state index contributed by atoms with van der Waals surface area (Å²) < 4.78 is 5.19. The van der Waals surface area contributed by atoms with Gasteiger partial charge in [-0.3, -0.25) is 0 Å². The van der Waals surface area contributed by atoms with Crippen LogP contribution in [0, 0.1) is 17.3 Å². The van der Waals surface area contributed by atoms with Crippen molar-refractivity contribution in [2.24, 2.45) is 17.3 Å². The van der Waals surface area contributed by atoms with E-state index >= 15 is 0 Å². The Labute approximate surface area is 130 Å². The van der Waals surface area contributed by atoms with Crippen LogP contribution in [0.1, 0.15) is 52.0 Å². The van der Waals surface area contributed by atoms with Crippen LogP contribution < -0.4 is 5.32 Å². The molecule has 2 nitrogen and oxygen atoms in total. The van der Waals surface area contributed by atoms with Gasteiger partial charge in [0, 0.05) is 19.3 Å². The molecule has 1 aliphatic rings. The minimum Gasteiger partial charge on any atom is -0.385 e. The van der Waals surface area contributed by atoms with Gasteiger partial charge in [0.1, 0.15) is 0 Å². The normalized spacial score (nSPS) is 23.0. The van der Waals surface area contributed by atoms with Crippen molar-refractivity contribution in [2.75, 3.05) is 19.0 Å². The summed E-state index contributed by atoms with van der Waals surface area (Å²) in [5.74, 6) is 1.73. The molecular weight excluding hydrogens is 258 g/mol. The second-order valence-corrected chi connectivity index (χ2v) is 7.60. The Hall–Kier alpha value is -1.02. The lowest BCUT2D eigenvalue weighted by Crippen LogP contribution is -2.28. The molecule has 118 valence electrons. The SMILES string of the molecule is COCc1cccc(NCC2CCC(C(C)(C)C)CC2)c1. The fourth-order valence-electron chi connectivity index (χ4n) is 3.43. The van der Waals surface area contributed by atoms with Crippen molar-refractivity contribution in [1.29, 1.82) is 0 Å². The van der Waals surface area contributed by atoms with Crippen LogP contribution in [0.2, 0.25) is 0 Å². The maximum atomic E-state index is 5.19. The van der Waals surface area contributed by atoms with E-state index in [1.165, 1.54) is 36.9 Å². The zero-order valence-electron chi connectivity index (χ0n) is 14.1. The summed E-state index contributed by atoms with van der Waals surface area (Å²) in [5, 5.41) is 3.61. The van der Waals surface area contributed by atoms with E-state index in [9.17, 15) is 0 Å². The number of rotatable bonds is 5. The predicted octanol–water partition coefficient (Wildman–Crippen LogP) is 5.10. The van der Waals surface area contributed by atoms with Gasteiger partial charge < -0.3 is 10.1 Å². The van der Waals surface area contributed by atoms with E-state index in [2.05, 4.69) is 50.4 Å². The van der Waals surface area contributed by atoms with Gasteiger partial charge in [-0.2, -0.15) is 0 Å². The number of benzene rings is 1. The second-order valence-electron chi connectivity index (χ2n) is 7.60. The highest BCUT2D eigenvalue weighted by Crippen LogP contribution is 2.39. The molecule has 0 atom stereocenters. The minimum absolute atomic E-state index is 0.479. The summed E-state index contributed by atoms with van der Waals surface area (Å²) >= 11 is 0. The van der Waals surface area contributed by atoms with Crippen LogP contribution in [0.15, 0.2) is 24.3 Å². The Morgan fingerprint density at radius 1 is 1.14 bits per heavy atom. The predicted molar refractivity (Wildman–Crippen MR) is 90.5 cm³/mol. The molecule has 1 aromatic rings. The molecule has 0 spiro atoms. The number of ether oxygens (including phenoxy) is 1. The first-order valence-corrected chi connectivity index (χ1v) is 8.31. The average Bonchev–Trinajstić information content (AvgIpc) is 2.45. The monoisotopic (exact) mass is 289 g/mol. The van der Waals surface area contributed by atoms with Gasteiger partial charge in [0.2, 0.25) is 0 Å². The lowest BCUT2D eigenvalue weighted by atomic mass is 9.70. The number of methoxy groups -OCH3 is 1. The van der Waals surface area contributed by atoms with E-state index < -0.39 is 0 Å². The Morgan fingerprint density at radius 2 is 1.86 bits per heavy atom. The van der Waals surface area contributed by atoms with Crippen LogP contribution in [-0.4, -0.2) is 13.7 Å². The molecule has 1 aromatic carbocycles. The Morgan fingerprint density at radius 3 is 2.48 bits per heavy atom. The molecule has 0 heterocycles. The maximum absolute atomic E-state index is 5.19. The molecule has 1 fully saturated rings. The van der Waals surface area contributed by atoms with Gasteiger partial charge >= 0.3 is 0 Å². The summed E-state index contributed by atoms with van der Waals surface area (Å²) in [6.45, 7) is 8.95. The van der Waals surface area contributed by atoms with Crippen molar-refractivity contribution >= 4 is 5.69 Å². The zero-order valence-corrected chi connectivity index (χ0v) is 14.1. The first-order chi connectivity index (χ1) is 9.99. The Balaban J connectivity index is 1.78. The highest BCUT2D eigenvalue weighted by atomic mass is 16.5. The zero-order chi connectivity index (χ0) is 15.3. The molecule has 0 aromatic heterocycles. The average molecular weight is 289 g/mol. The van der Waals surface area contributed by atoms with Gasteiger partial charge in [-0.1, -0.05) is 32.9 Å². The first-order valence-electron chi connectivity index (χ1n) is 8.31. The Kier molecular flexibility index (Phi) is 5.69. The topological polar surface area (TPSA) is 21.3 Å². The van der Waals surface area contributed by atoms with Crippen LogP contribution in [-0.2, 0) is 11.3 Å². The van der Waals surface area contributed by atoms with Crippen LogP contribution in [0.25, 0.3) is 0 Å². The van der Waals surface area contributed by atoms with Gasteiger partial charge in [-0.05, 0) is 60.6 Å². The van der Waals surface area contributed by atoms with E-state index in [1.54, 1.807) is 7.11 Å². The van der Waals surface area contributed by atoms with Gasteiger partial charge in [-0.25, -0.2) is 0 Å². The van der Waals surface area contributed by atoms with Crippen molar-refractivity contribution in [3.8, 4) is 0 Å². The lowest BCUT2D eigenvalue weighted by Gasteiger charge is -2.37. The smallest absolute Gasteiger partial charge is 0.0713 e. The van der Waals surface area contributed by atoms with Crippen LogP contribution in [0.4, 0.5) is 5.69 Å². The van der Waals surface area contributed by atoms with Crippen molar-refractivity contribution in [3.63, 3.8) is 0 Å². The molecule has 0 saturated heterocycles. The van der Waals surface area contributed by atoms with E-state index in [0.29, 0.717) is 12.0 Å². The van der Waals surface area contributed by atoms with Gasteiger partial charge in [0.05, 0.1) is 6.61 Å². The molecule has 1 N–H and O–H groups in total. The molecule has 21 heavy (non-hydrogen) atoms. The molecular formula is C19H31NO. The number of anilines is 1. The molecule has 0 aliphatic heterocycles. The highest BCUT2D eigenvalue weighted by Gasteiger charge is 2.29.